The van der Waals surface area contributed by atoms with Crippen molar-refractivity contribution in [3.05, 3.63) is 11.1 Å². The molecule has 24 heavy (non-hydrogen) atoms. The number of halogens is 2. The average Bonchev–Trinajstić information content (AvgIpc) is 2.85. The minimum Gasteiger partial charge on any atom is -0.337 e. The van der Waals surface area contributed by atoms with Gasteiger partial charge in [-0.15, -0.1) is 36.2 Å². The number of hydrogen-bond acceptors (Lipinski definition) is 5. The standard InChI is InChI=1S/C15H24N4O2S.2ClH/c1-10-8-16-5-6-19(10)12(20)7-11-9-22-14(17-11)18-13(21)15(2,3)4;;/h9-10,16H,5-8H2,1-4H3,(H,17,18,21);2*1H/t10-;;/m0../s1. The molecule has 138 valence electrons. The van der Waals surface area contributed by atoms with Crippen LogP contribution in [0.4, 0.5) is 5.13 Å². The molecule has 2 amide bonds. The molecule has 2 N–H and O–H groups in total. The molecule has 9 heteroatoms. The summed E-state index contributed by atoms with van der Waals surface area (Å²) in [6.45, 7) is 10.00. The Morgan fingerprint density at radius 1 is 1.42 bits per heavy atom. The number of amides is 2. The monoisotopic (exact) mass is 396 g/mol. The van der Waals surface area contributed by atoms with E-state index in [1.807, 2.05) is 38.0 Å². The van der Waals surface area contributed by atoms with Gasteiger partial charge in [-0.1, -0.05) is 20.8 Å². The Morgan fingerprint density at radius 3 is 2.67 bits per heavy atom. The molecule has 1 aromatic rings. The van der Waals surface area contributed by atoms with Gasteiger partial charge in [0.2, 0.25) is 11.8 Å². The van der Waals surface area contributed by atoms with Gasteiger partial charge in [0.1, 0.15) is 0 Å². The van der Waals surface area contributed by atoms with Gasteiger partial charge in [0.15, 0.2) is 5.13 Å². The van der Waals surface area contributed by atoms with Crippen molar-refractivity contribution in [2.24, 2.45) is 5.41 Å². The Morgan fingerprint density at radius 2 is 2.08 bits per heavy atom. The number of rotatable bonds is 3. The fourth-order valence-electron chi connectivity index (χ4n) is 2.20. The molecule has 0 saturated carbocycles. The van der Waals surface area contributed by atoms with Crippen molar-refractivity contribution in [3.63, 3.8) is 0 Å². The largest absolute Gasteiger partial charge is 0.337 e. The average molecular weight is 397 g/mol. The van der Waals surface area contributed by atoms with Crippen molar-refractivity contribution in [2.75, 3.05) is 25.0 Å². The highest BCUT2D eigenvalue weighted by atomic mass is 35.5. The lowest BCUT2D eigenvalue weighted by molar-refractivity contribution is -0.133. The SMILES string of the molecule is C[C@H]1CNCCN1C(=O)Cc1csc(NC(=O)C(C)(C)C)n1.Cl.Cl. The van der Waals surface area contributed by atoms with Crippen molar-refractivity contribution >= 4 is 53.1 Å². The molecule has 1 atom stereocenters. The molecule has 2 heterocycles. The topological polar surface area (TPSA) is 74.3 Å². The highest BCUT2D eigenvalue weighted by Crippen LogP contribution is 2.21. The van der Waals surface area contributed by atoms with Crippen LogP contribution in [0.15, 0.2) is 5.38 Å². The number of carbonyl (C=O) groups excluding carboxylic acids is 2. The number of thiazole rings is 1. The molecule has 0 unspecified atom stereocenters. The molecule has 0 aromatic carbocycles. The van der Waals surface area contributed by atoms with Crippen LogP contribution < -0.4 is 10.6 Å². The normalized spacial score (nSPS) is 17.5. The van der Waals surface area contributed by atoms with Crippen LogP contribution in [-0.2, 0) is 16.0 Å². The fraction of sp³-hybridized carbons (Fsp3) is 0.667. The zero-order valence-electron chi connectivity index (χ0n) is 14.4. The van der Waals surface area contributed by atoms with E-state index < -0.39 is 5.41 Å². The summed E-state index contributed by atoms with van der Waals surface area (Å²) in [7, 11) is 0. The second kappa shape index (κ2) is 9.56. The third kappa shape index (κ3) is 6.20. The van der Waals surface area contributed by atoms with Crippen LogP contribution in [0.25, 0.3) is 0 Å². The molecule has 0 radical (unpaired) electrons. The third-order valence-corrected chi connectivity index (χ3v) is 4.41. The number of hydrogen-bond donors (Lipinski definition) is 2. The number of carbonyl (C=O) groups is 2. The minimum absolute atomic E-state index is 0. The molecule has 6 nitrogen and oxygen atoms in total. The summed E-state index contributed by atoms with van der Waals surface area (Å²) in [5, 5.41) is 8.45. The number of aromatic nitrogens is 1. The van der Waals surface area contributed by atoms with E-state index >= 15 is 0 Å². The predicted molar refractivity (Wildman–Crippen MR) is 102 cm³/mol. The summed E-state index contributed by atoms with van der Waals surface area (Å²) in [5.41, 5.74) is 0.252. The van der Waals surface area contributed by atoms with Crippen LogP contribution >= 0.6 is 36.2 Å². The van der Waals surface area contributed by atoms with Crippen molar-refractivity contribution in [3.8, 4) is 0 Å². The highest BCUT2D eigenvalue weighted by molar-refractivity contribution is 7.13. The summed E-state index contributed by atoms with van der Waals surface area (Å²) in [6, 6.07) is 0.208. The van der Waals surface area contributed by atoms with Crippen molar-refractivity contribution in [1.29, 1.82) is 0 Å². The summed E-state index contributed by atoms with van der Waals surface area (Å²) in [5.74, 6) is 0.0171. The first-order valence-electron chi connectivity index (χ1n) is 7.53. The molecule has 1 aliphatic heterocycles. The third-order valence-electron chi connectivity index (χ3n) is 3.61. The van der Waals surface area contributed by atoms with Crippen molar-refractivity contribution in [1.82, 2.24) is 15.2 Å². The second-order valence-corrected chi connectivity index (χ2v) is 7.52. The zero-order valence-corrected chi connectivity index (χ0v) is 16.9. The highest BCUT2D eigenvalue weighted by Gasteiger charge is 2.25. The zero-order chi connectivity index (χ0) is 16.3. The van der Waals surface area contributed by atoms with E-state index in [0.29, 0.717) is 10.8 Å². The Hall–Kier alpha value is -0.890. The summed E-state index contributed by atoms with van der Waals surface area (Å²) < 4.78 is 0. The van der Waals surface area contributed by atoms with Gasteiger partial charge >= 0.3 is 0 Å². The van der Waals surface area contributed by atoms with Gasteiger partial charge in [-0.2, -0.15) is 0 Å². The van der Waals surface area contributed by atoms with Crippen LogP contribution in [0.5, 0.6) is 0 Å². The predicted octanol–water partition coefficient (Wildman–Crippen LogP) is 2.33. The van der Waals surface area contributed by atoms with Crippen molar-refractivity contribution in [2.45, 2.75) is 40.2 Å². The number of nitrogens with zero attached hydrogens (tertiary/aromatic N) is 2. The molecule has 0 aliphatic carbocycles. The number of piperazine rings is 1. The Balaban J connectivity index is 0.00000264. The molecule has 0 bridgehead atoms. The molecule has 1 aliphatic rings. The van der Waals surface area contributed by atoms with Crippen LogP contribution in [0, 0.1) is 5.41 Å². The molecule has 1 aromatic heterocycles. The first-order chi connectivity index (χ1) is 10.3. The Bertz CT molecular complexity index is 560. The Labute approximate surface area is 159 Å². The summed E-state index contributed by atoms with van der Waals surface area (Å²) in [4.78, 5) is 30.5. The van der Waals surface area contributed by atoms with Gasteiger partial charge in [-0.25, -0.2) is 4.98 Å². The van der Waals surface area contributed by atoms with E-state index in [-0.39, 0.29) is 49.1 Å². The van der Waals surface area contributed by atoms with E-state index in [9.17, 15) is 9.59 Å². The van der Waals surface area contributed by atoms with Crippen molar-refractivity contribution < 1.29 is 9.59 Å². The van der Waals surface area contributed by atoms with Crippen LogP contribution in [-0.4, -0.2) is 47.4 Å². The first kappa shape index (κ1) is 23.1. The van der Waals surface area contributed by atoms with Crippen LogP contribution in [0.1, 0.15) is 33.4 Å². The summed E-state index contributed by atoms with van der Waals surface area (Å²) in [6.07, 6.45) is 0.284. The molecular weight excluding hydrogens is 371 g/mol. The maximum atomic E-state index is 12.3. The number of anilines is 1. The number of nitrogens with one attached hydrogen (secondary N) is 2. The van der Waals surface area contributed by atoms with Gasteiger partial charge in [0.05, 0.1) is 12.1 Å². The second-order valence-electron chi connectivity index (χ2n) is 6.67. The lowest BCUT2D eigenvalue weighted by Gasteiger charge is -2.33. The van der Waals surface area contributed by atoms with E-state index in [1.54, 1.807) is 0 Å². The van der Waals surface area contributed by atoms with Gasteiger partial charge < -0.3 is 15.5 Å². The molecule has 0 spiro atoms. The molecule has 2 rings (SSSR count). The lowest BCUT2D eigenvalue weighted by Crippen LogP contribution is -2.52. The van der Waals surface area contributed by atoms with Gasteiger partial charge in [-0.3, -0.25) is 9.59 Å². The quantitative estimate of drug-likeness (QED) is 0.821. The van der Waals surface area contributed by atoms with E-state index in [2.05, 4.69) is 15.6 Å². The van der Waals surface area contributed by atoms with Gasteiger partial charge in [-0.05, 0) is 6.92 Å². The van der Waals surface area contributed by atoms with E-state index in [0.717, 1.165) is 19.6 Å². The van der Waals surface area contributed by atoms with E-state index in [1.165, 1.54) is 11.3 Å². The first-order valence-corrected chi connectivity index (χ1v) is 8.41. The smallest absolute Gasteiger partial charge is 0.231 e. The van der Waals surface area contributed by atoms with E-state index in [4.69, 9.17) is 0 Å². The molecule has 1 fully saturated rings. The maximum absolute atomic E-state index is 12.3. The van der Waals surface area contributed by atoms with Crippen LogP contribution in [0.3, 0.4) is 0 Å². The summed E-state index contributed by atoms with van der Waals surface area (Å²) >= 11 is 1.36. The van der Waals surface area contributed by atoms with Gasteiger partial charge in [0, 0.05) is 36.5 Å². The minimum atomic E-state index is -0.460. The molecular formula is C15H26Cl2N4O2S. The fourth-order valence-corrected chi connectivity index (χ4v) is 2.90. The lowest BCUT2D eigenvalue weighted by atomic mass is 9.96. The Kier molecular flexibility index (Phi) is 9.20. The van der Waals surface area contributed by atoms with Gasteiger partial charge in [0.25, 0.3) is 0 Å². The van der Waals surface area contributed by atoms with Crippen LogP contribution in [0.2, 0.25) is 0 Å². The molecule has 1 saturated heterocycles. The maximum Gasteiger partial charge on any atom is 0.231 e.